The van der Waals surface area contributed by atoms with E-state index >= 15 is 0 Å². The van der Waals surface area contributed by atoms with E-state index in [-0.39, 0.29) is 17.5 Å². The largest absolute Gasteiger partial charge is 0.401 e. The number of halogens is 3. The molecule has 0 saturated carbocycles. The summed E-state index contributed by atoms with van der Waals surface area (Å²) >= 11 is 0. The first-order valence-electron chi connectivity index (χ1n) is 7.04. The van der Waals surface area contributed by atoms with Crippen LogP contribution in [0.2, 0.25) is 0 Å². The predicted octanol–water partition coefficient (Wildman–Crippen LogP) is 0.223. The van der Waals surface area contributed by atoms with E-state index < -0.39 is 22.6 Å². The van der Waals surface area contributed by atoms with E-state index in [1.165, 1.54) is 11.9 Å². The van der Waals surface area contributed by atoms with E-state index in [1.54, 1.807) is 7.05 Å². The van der Waals surface area contributed by atoms with Crippen molar-refractivity contribution < 1.29 is 21.6 Å². The summed E-state index contributed by atoms with van der Waals surface area (Å²) in [5.41, 5.74) is 0. The molecule has 1 heterocycles. The van der Waals surface area contributed by atoms with Crippen LogP contribution in [0.4, 0.5) is 13.2 Å². The van der Waals surface area contributed by atoms with Crippen molar-refractivity contribution >= 4 is 15.8 Å². The third-order valence-electron chi connectivity index (χ3n) is 3.26. The van der Waals surface area contributed by atoms with E-state index in [9.17, 15) is 21.6 Å². The number of rotatable bonds is 6. The van der Waals surface area contributed by atoms with E-state index in [1.807, 2.05) is 0 Å². The van der Waals surface area contributed by atoms with Gasteiger partial charge in [0.15, 0.2) is 15.8 Å². The fourth-order valence-electron chi connectivity index (χ4n) is 2.24. The van der Waals surface area contributed by atoms with Crippen LogP contribution in [0, 0.1) is 0 Å². The highest BCUT2D eigenvalue weighted by atomic mass is 32.2. The number of aliphatic imine (C=N–C) groups is 1. The molecule has 1 saturated heterocycles. The molecule has 0 aromatic carbocycles. The average Bonchev–Trinajstić information content (AvgIpc) is 2.70. The molecule has 1 unspecified atom stereocenters. The second kappa shape index (κ2) is 8.00. The lowest BCUT2D eigenvalue weighted by molar-refractivity contribution is -0.143. The lowest BCUT2D eigenvalue weighted by Gasteiger charge is -2.19. The zero-order valence-corrected chi connectivity index (χ0v) is 13.6. The van der Waals surface area contributed by atoms with E-state index in [0.717, 1.165) is 0 Å². The van der Waals surface area contributed by atoms with Crippen LogP contribution >= 0.6 is 0 Å². The highest BCUT2D eigenvalue weighted by molar-refractivity contribution is 7.91. The Bertz CT molecular complexity index is 479. The molecule has 2 N–H and O–H groups in total. The first-order valence-corrected chi connectivity index (χ1v) is 8.86. The predicted molar refractivity (Wildman–Crippen MR) is 79.7 cm³/mol. The Morgan fingerprint density at radius 2 is 2.09 bits per heavy atom. The number of guanidine groups is 1. The van der Waals surface area contributed by atoms with Gasteiger partial charge in [0.25, 0.3) is 0 Å². The molecule has 1 fully saturated rings. The van der Waals surface area contributed by atoms with Gasteiger partial charge in [0.1, 0.15) is 0 Å². The molecular formula is C12H23F3N4O2S. The van der Waals surface area contributed by atoms with Gasteiger partial charge in [-0.05, 0) is 26.4 Å². The van der Waals surface area contributed by atoms with Crippen LogP contribution in [-0.2, 0) is 9.84 Å². The number of alkyl halides is 3. The SMILES string of the molecule is CN=C(NCCCN(C)CC(F)(F)F)NC1CCS(=O)(=O)C1. The Morgan fingerprint density at radius 3 is 2.59 bits per heavy atom. The first kappa shape index (κ1) is 19.0. The summed E-state index contributed by atoms with van der Waals surface area (Å²) in [4.78, 5) is 5.19. The van der Waals surface area contributed by atoms with Gasteiger partial charge < -0.3 is 10.6 Å². The molecule has 0 bridgehead atoms. The monoisotopic (exact) mass is 344 g/mol. The van der Waals surface area contributed by atoms with Crippen molar-refractivity contribution in [3.05, 3.63) is 0 Å². The zero-order chi connectivity index (χ0) is 16.8. The maximum atomic E-state index is 12.2. The van der Waals surface area contributed by atoms with Gasteiger partial charge in [-0.2, -0.15) is 13.2 Å². The molecular weight excluding hydrogens is 321 g/mol. The molecule has 22 heavy (non-hydrogen) atoms. The zero-order valence-electron chi connectivity index (χ0n) is 12.8. The van der Waals surface area contributed by atoms with E-state index in [4.69, 9.17) is 0 Å². The minimum Gasteiger partial charge on any atom is -0.356 e. The minimum atomic E-state index is -4.19. The Hall–Kier alpha value is -1.03. The molecule has 0 aliphatic carbocycles. The Labute approximate surface area is 129 Å². The molecule has 1 rings (SSSR count). The average molecular weight is 344 g/mol. The summed E-state index contributed by atoms with van der Waals surface area (Å²) in [7, 11) is 0.0231. The first-order chi connectivity index (χ1) is 10.1. The van der Waals surface area contributed by atoms with Crippen molar-refractivity contribution in [1.29, 1.82) is 0 Å². The fourth-order valence-corrected chi connectivity index (χ4v) is 3.91. The number of nitrogens with zero attached hydrogens (tertiary/aromatic N) is 2. The van der Waals surface area contributed by atoms with Crippen molar-refractivity contribution in [3.8, 4) is 0 Å². The molecule has 10 heteroatoms. The van der Waals surface area contributed by atoms with Gasteiger partial charge in [-0.15, -0.1) is 0 Å². The van der Waals surface area contributed by atoms with Crippen molar-refractivity contribution in [3.63, 3.8) is 0 Å². The molecule has 1 atom stereocenters. The number of hydrogen-bond acceptors (Lipinski definition) is 4. The molecule has 0 aromatic heterocycles. The fraction of sp³-hybridized carbons (Fsp3) is 0.917. The number of hydrogen-bond donors (Lipinski definition) is 2. The van der Waals surface area contributed by atoms with Crippen LogP contribution < -0.4 is 10.6 Å². The molecule has 0 radical (unpaired) electrons. The lowest BCUT2D eigenvalue weighted by atomic mass is 10.3. The van der Waals surface area contributed by atoms with Crippen LogP contribution in [-0.4, -0.2) is 76.7 Å². The Morgan fingerprint density at radius 1 is 1.41 bits per heavy atom. The van der Waals surface area contributed by atoms with Crippen molar-refractivity contribution in [2.45, 2.75) is 25.1 Å². The lowest BCUT2D eigenvalue weighted by Crippen LogP contribution is -2.44. The van der Waals surface area contributed by atoms with Crippen LogP contribution in [0.25, 0.3) is 0 Å². The van der Waals surface area contributed by atoms with Gasteiger partial charge >= 0.3 is 6.18 Å². The second-order valence-corrected chi connectivity index (χ2v) is 7.68. The minimum absolute atomic E-state index is 0.0853. The van der Waals surface area contributed by atoms with Crippen molar-refractivity contribution in [2.75, 3.05) is 45.2 Å². The normalized spacial score (nSPS) is 22.1. The van der Waals surface area contributed by atoms with Crippen LogP contribution in [0.5, 0.6) is 0 Å². The smallest absolute Gasteiger partial charge is 0.356 e. The van der Waals surface area contributed by atoms with Crippen molar-refractivity contribution in [2.24, 2.45) is 4.99 Å². The molecule has 1 aliphatic heterocycles. The van der Waals surface area contributed by atoms with Gasteiger partial charge in [-0.3, -0.25) is 9.89 Å². The highest BCUT2D eigenvalue weighted by Crippen LogP contribution is 2.15. The third kappa shape index (κ3) is 7.83. The summed E-state index contributed by atoms with van der Waals surface area (Å²) in [5, 5.41) is 5.99. The Kier molecular flexibility index (Phi) is 6.92. The summed E-state index contributed by atoms with van der Waals surface area (Å²) in [6.07, 6.45) is -3.12. The molecule has 0 spiro atoms. The summed E-state index contributed by atoms with van der Waals surface area (Å²) in [5.74, 6) is 0.729. The van der Waals surface area contributed by atoms with Crippen LogP contribution in [0.15, 0.2) is 4.99 Å². The van der Waals surface area contributed by atoms with Gasteiger partial charge in [0.2, 0.25) is 0 Å². The summed E-state index contributed by atoms with van der Waals surface area (Å²) in [6.45, 7) is -0.164. The highest BCUT2D eigenvalue weighted by Gasteiger charge is 2.29. The van der Waals surface area contributed by atoms with Gasteiger partial charge in [0.05, 0.1) is 18.1 Å². The molecule has 6 nitrogen and oxygen atoms in total. The van der Waals surface area contributed by atoms with Gasteiger partial charge in [0, 0.05) is 19.6 Å². The Balaban J connectivity index is 2.22. The van der Waals surface area contributed by atoms with Crippen molar-refractivity contribution in [1.82, 2.24) is 15.5 Å². The standard InChI is InChI=1S/C12H23F3N4O2S/c1-16-11(18-10-4-7-22(20,21)8-10)17-5-3-6-19(2)9-12(13,14)15/h10H,3-9H2,1-2H3,(H2,16,17,18). The van der Waals surface area contributed by atoms with E-state index in [2.05, 4.69) is 15.6 Å². The maximum absolute atomic E-state index is 12.2. The summed E-state index contributed by atoms with van der Waals surface area (Å²) in [6, 6.07) is -0.163. The van der Waals surface area contributed by atoms with Gasteiger partial charge in [-0.25, -0.2) is 8.42 Å². The quantitative estimate of drug-likeness (QED) is 0.410. The maximum Gasteiger partial charge on any atom is 0.401 e. The van der Waals surface area contributed by atoms with Gasteiger partial charge in [-0.1, -0.05) is 0 Å². The van der Waals surface area contributed by atoms with Crippen LogP contribution in [0.1, 0.15) is 12.8 Å². The third-order valence-corrected chi connectivity index (χ3v) is 5.02. The molecule has 0 amide bonds. The second-order valence-electron chi connectivity index (χ2n) is 5.45. The topological polar surface area (TPSA) is 73.8 Å². The number of nitrogens with one attached hydrogen (secondary N) is 2. The molecule has 1 aliphatic rings. The molecule has 0 aromatic rings. The molecule has 130 valence electrons. The summed E-state index contributed by atoms with van der Waals surface area (Å²) < 4.78 is 59.2. The van der Waals surface area contributed by atoms with E-state index in [0.29, 0.717) is 31.9 Å². The van der Waals surface area contributed by atoms with Crippen LogP contribution in [0.3, 0.4) is 0 Å². The number of sulfone groups is 1.